The summed E-state index contributed by atoms with van der Waals surface area (Å²) in [6.07, 6.45) is 2.53. The molecule has 0 radical (unpaired) electrons. The zero-order valence-corrected chi connectivity index (χ0v) is 30.4. The van der Waals surface area contributed by atoms with Gasteiger partial charge in [-0.25, -0.2) is 0 Å². The zero-order chi connectivity index (χ0) is 29.6. The van der Waals surface area contributed by atoms with Crippen LogP contribution in [0, 0.1) is 0 Å². The molecule has 0 fully saturated rings. The average molecular weight is 634 g/mol. The molecule has 2 aliphatic carbocycles. The summed E-state index contributed by atoms with van der Waals surface area (Å²) in [5.74, 6) is 0. The van der Waals surface area contributed by atoms with Gasteiger partial charge in [0.15, 0.2) is 0 Å². The molecule has 4 aromatic carbocycles. The van der Waals surface area contributed by atoms with Crippen LogP contribution in [0.3, 0.4) is 0 Å². The van der Waals surface area contributed by atoms with E-state index in [1.165, 1.54) is 38.9 Å². The maximum atomic E-state index is 2.77. The SMILES string of the molecule is CC1=Cc2c(-c3ccccc3)cccc2[CH]1[Zr]([CH3])([CH3])(=[SiH2])[CH]1c2cc(C(C)(C)C)ccc2-c2ccc(C(C)(C)C)cc21. The molecule has 0 saturated carbocycles. The molecule has 0 aliphatic heterocycles. The number of fused-ring (bicyclic) bond motifs is 4. The van der Waals surface area contributed by atoms with Crippen LogP contribution in [-0.2, 0) is 28.2 Å². The number of rotatable bonds is 3. The molecule has 2 heteroatoms. The second-order valence-corrected chi connectivity index (χ2v) is 46.4. The van der Waals surface area contributed by atoms with Crippen LogP contribution in [0.5, 0.6) is 0 Å². The summed E-state index contributed by atoms with van der Waals surface area (Å²) in [7, 11) is 0. The summed E-state index contributed by atoms with van der Waals surface area (Å²) in [6, 6.07) is 32.9. The minimum absolute atomic E-state index is 0.119. The summed E-state index contributed by atoms with van der Waals surface area (Å²) in [4.78, 5) is 0. The fraction of sp³-hybridized carbons (Fsp3) is 0.333. The van der Waals surface area contributed by atoms with E-state index in [0.29, 0.717) is 7.25 Å². The van der Waals surface area contributed by atoms with Crippen molar-refractivity contribution in [1.29, 1.82) is 0 Å². The van der Waals surface area contributed by atoms with Gasteiger partial charge in [-0.1, -0.05) is 0 Å². The molecule has 0 heterocycles. The van der Waals surface area contributed by atoms with Gasteiger partial charge in [0, 0.05) is 0 Å². The van der Waals surface area contributed by atoms with Crippen molar-refractivity contribution in [2.24, 2.45) is 0 Å². The molecule has 210 valence electrons. The van der Waals surface area contributed by atoms with Crippen LogP contribution in [0.4, 0.5) is 0 Å². The molecular formula is C39H46SiZr. The van der Waals surface area contributed by atoms with Crippen LogP contribution < -0.4 is 0 Å². The van der Waals surface area contributed by atoms with Gasteiger partial charge < -0.3 is 0 Å². The molecule has 1 unspecified atom stereocenters. The monoisotopic (exact) mass is 632 g/mol. The van der Waals surface area contributed by atoms with Crippen molar-refractivity contribution in [2.75, 3.05) is 0 Å². The van der Waals surface area contributed by atoms with Crippen molar-refractivity contribution in [3.05, 3.63) is 124 Å². The van der Waals surface area contributed by atoms with Crippen LogP contribution in [0.1, 0.15) is 89.1 Å². The Kier molecular flexibility index (Phi) is 6.58. The van der Waals surface area contributed by atoms with Crippen molar-refractivity contribution in [1.82, 2.24) is 0 Å². The minimum atomic E-state index is -3.70. The molecular weight excluding hydrogens is 588 g/mol. The Hall–Kier alpha value is -2.28. The Labute approximate surface area is 250 Å². The molecule has 0 bridgehead atoms. The molecule has 0 N–H and O–H groups in total. The Balaban J connectivity index is 1.61. The van der Waals surface area contributed by atoms with E-state index in [2.05, 4.69) is 156 Å². The van der Waals surface area contributed by atoms with Crippen LogP contribution >= 0.6 is 0 Å². The van der Waals surface area contributed by atoms with E-state index >= 15 is 0 Å². The van der Waals surface area contributed by atoms with Gasteiger partial charge in [-0.3, -0.25) is 0 Å². The van der Waals surface area contributed by atoms with Gasteiger partial charge >= 0.3 is 252 Å². The van der Waals surface area contributed by atoms with Crippen molar-refractivity contribution < 1.29 is 17.4 Å². The van der Waals surface area contributed by atoms with Crippen LogP contribution in [0.2, 0.25) is 9.26 Å². The van der Waals surface area contributed by atoms with E-state index in [-0.39, 0.29) is 10.8 Å². The Bertz CT molecular complexity index is 1720. The quantitative estimate of drug-likeness (QED) is 0.197. The van der Waals surface area contributed by atoms with Gasteiger partial charge in [-0.05, 0) is 0 Å². The molecule has 0 amide bonds. The number of benzene rings is 4. The third-order valence-corrected chi connectivity index (χ3v) is 27.6. The van der Waals surface area contributed by atoms with Crippen LogP contribution in [-0.4, -0.2) is 6.88 Å². The van der Waals surface area contributed by atoms with E-state index in [9.17, 15) is 0 Å². The second-order valence-electron chi connectivity index (χ2n) is 16.0. The maximum absolute atomic E-state index is 3.70. The van der Waals surface area contributed by atoms with E-state index in [4.69, 9.17) is 0 Å². The summed E-state index contributed by atoms with van der Waals surface area (Å²) in [5.41, 5.74) is 16.5. The van der Waals surface area contributed by atoms with E-state index in [0.717, 1.165) is 0 Å². The fourth-order valence-electron chi connectivity index (χ4n) is 8.06. The van der Waals surface area contributed by atoms with Crippen molar-refractivity contribution in [3.63, 3.8) is 0 Å². The normalized spacial score (nSPS) is 17.2. The summed E-state index contributed by atoms with van der Waals surface area (Å²) >= 11 is -3.70. The van der Waals surface area contributed by atoms with Crippen LogP contribution in [0.25, 0.3) is 28.3 Å². The molecule has 0 nitrogen and oxygen atoms in total. The molecule has 0 saturated heterocycles. The van der Waals surface area contributed by atoms with Gasteiger partial charge in [0.2, 0.25) is 0 Å². The first-order chi connectivity index (χ1) is 19.1. The van der Waals surface area contributed by atoms with E-state index in [1.54, 1.807) is 22.3 Å². The third kappa shape index (κ3) is 4.65. The van der Waals surface area contributed by atoms with Gasteiger partial charge in [0.05, 0.1) is 0 Å². The van der Waals surface area contributed by atoms with Gasteiger partial charge in [0.1, 0.15) is 0 Å². The molecule has 4 aromatic rings. The molecule has 0 spiro atoms. The predicted molar refractivity (Wildman–Crippen MR) is 180 cm³/mol. The van der Waals surface area contributed by atoms with Gasteiger partial charge in [0.25, 0.3) is 0 Å². The van der Waals surface area contributed by atoms with Crippen molar-refractivity contribution in [2.45, 2.75) is 75.8 Å². The summed E-state index contributed by atoms with van der Waals surface area (Å²) in [6.45, 7) is 19.0. The molecule has 41 heavy (non-hydrogen) atoms. The zero-order valence-electron chi connectivity index (χ0n) is 26.5. The Morgan fingerprint density at radius 2 is 1.12 bits per heavy atom. The molecule has 6 rings (SSSR count). The van der Waals surface area contributed by atoms with E-state index in [1.807, 2.05) is 0 Å². The first kappa shape index (κ1) is 28.8. The number of hydrogen-bond acceptors (Lipinski definition) is 0. The summed E-state index contributed by atoms with van der Waals surface area (Å²) < 4.78 is 6.52. The van der Waals surface area contributed by atoms with Crippen molar-refractivity contribution >= 4 is 13.0 Å². The molecule has 1 atom stereocenters. The predicted octanol–water partition coefficient (Wildman–Crippen LogP) is 10.5. The van der Waals surface area contributed by atoms with Gasteiger partial charge in [-0.15, -0.1) is 0 Å². The Morgan fingerprint density at radius 1 is 0.585 bits per heavy atom. The molecule has 0 aromatic heterocycles. The number of hydrogen-bond donors (Lipinski definition) is 0. The summed E-state index contributed by atoms with van der Waals surface area (Å²) in [5, 5.41) is 0. The van der Waals surface area contributed by atoms with E-state index < -0.39 is 17.4 Å². The Morgan fingerprint density at radius 3 is 1.63 bits per heavy atom. The topological polar surface area (TPSA) is 0 Å². The number of allylic oxidation sites excluding steroid dienone is 1. The van der Waals surface area contributed by atoms with Crippen molar-refractivity contribution in [3.8, 4) is 22.3 Å². The third-order valence-electron chi connectivity index (χ3n) is 10.0. The van der Waals surface area contributed by atoms with Gasteiger partial charge in [-0.2, -0.15) is 0 Å². The van der Waals surface area contributed by atoms with Crippen LogP contribution in [0.15, 0.2) is 90.5 Å². The molecule has 2 aliphatic rings. The second kappa shape index (κ2) is 9.36. The fourth-order valence-corrected chi connectivity index (χ4v) is 27.9. The first-order valence-corrected chi connectivity index (χ1v) is 29.0. The standard InChI is InChI=1S/C21H25.C16H13.2CH3.H2Si.Zr/c1-20(2,3)16-7-9-18-14(12-16)11-15-13-17(21(4,5)6)8-10-19(15)18;1-12-10-14-8-5-9-15(16(14)11-12)13-6-3-2-4-7-13;;;;/h7-13H,1-6H3;2-11H,1H3;2*1H3;1H2;. The first-order valence-electron chi connectivity index (χ1n) is 15.3. The average Bonchev–Trinajstić information content (AvgIpc) is 3.42.